The first-order valence-electron chi connectivity index (χ1n) is 12.6. The number of rotatable bonds is 2. The van der Waals surface area contributed by atoms with Crippen molar-refractivity contribution in [3.8, 4) is 0 Å². The Labute approximate surface area is 203 Å². The van der Waals surface area contributed by atoms with Gasteiger partial charge in [0.15, 0.2) is 0 Å². The smallest absolute Gasteiger partial charge is 0.331 e. The van der Waals surface area contributed by atoms with Gasteiger partial charge in [0, 0.05) is 12.1 Å². The minimum atomic E-state index is -1.48. The highest BCUT2D eigenvalue weighted by molar-refractivity contribution is 5.94. The van der Waals surface area contributed by atoms with Crippen LogP contribution in [0.2, 0.25) is 0 Å². The first kappa shape index (κ1) is 24.5. The van der Waals surface area contributed by atoms with Gasteiger partial charge in [-0.05, 0) is 56.6 Å². The lowest BCUT2D eigenvalue weighted by Gasteiger charge is -2.45. The predicted molar refractivity (Wildman–Crippen MR) is 133 cm³/mol. The molecule has 2 N–H and O–H groups in total. The van der Waals surface area contributed by atoms with Gasteiger partial charge in [-0.1, -0.05) is 73.9 Å². The number of aliphatic hydroxyl groups excluding tert-OH is 1. The summed E-state index contributed by atoms with van der Waals surface area (Å²) in [5, 5.41) is 14.5. The number of hydrogen-bond acceptors (Lipinski definition) is 4. The summed E-state index contributed by atoms with van der Waals surface area (Å²) in [5.74, 6) is -1.33. The summed E-state index contributed by atoms with van der Waals surface area (Å²) in [7, 11) is 0. The molecule has 6 atom stereocenters. The number of hydrogen-bond donors (Lipinski definition) is 2. The molecule has 0 unspecified atom stereocenters. The number of carbonyl (C=O) groups excluding carboxylic acids is 2. The molecule has 1 spiro atoms. The third-order valence-corrected chi connectivity index (χ3v) is 7.92. The Bertz CT molecular complexity index is 995. The second-order valence-electron chi connectivity index (χ2n) is 10.3. The quantitative estimate of drug-likeness (QED) is 0.494. The van der Waals surface area contributed by atoms with Crippen LogP contribution in [0.15, 0.2) is 65.8 Å². The maximum Gasteiger partial charge on any atom is 0.331 e. The van der Waals surface area contributed by atoms with E-state index in [0.29, 0.717) is 12.3 Å². The first-order valence-corrected chi connectivity index (χ1v) is 12.6. The number of benzene rings is 1. The van der Waals surface area contributed by atoms with Crippen LogP contribution in [0.4, 0.5) is 0 Å². The number of esters is 1. The van der Waals surface area contributed by atoms with Crippen LogP contribution in [-0.2, 0) is 20.7 Å². The number of carbonyl (C=O) groups is 2. The summed E-state index contributed by atoms with van der Waals surface area (Å²) in [4.78, 5) is 26.7. The first-order chi connectivity index (χ1) is 16.3. The molecule has 3 aliphatic rings. The molecule has 1 saturated heterocycles. The topological polar surface area (TPSA) is 75.6 Å². The van der Waals surface area contributed by atoms with Crippen LogP contribution in [0, 0.1) is 17.8 Å². The average Bonchev–Trinajstić information content (AvgIpc) is 3.08. The van der Waals surface area contributed by atoms with E-state index in [-0.39, 0.29) is 17.9 Å². The van der Waals surface area contributed by atoms with Crippen molar-refractivity contribution in [2.24, 2.45) is 17.8 Å². The van der Waals surface area contributed by atoms with Gasteiger partial charge in [-0.2, -0.15) is 0 Å². The van der Waals surface area contributed by atoms with E-state index in [1.807, 2.05) is 56.3 Å². The average molecular weight is 464 g/mol. The summed E-state index contributed by atoms with van der Waals surface area (Å²) in [5.41, 5.74) is 1.40. The summed E-state index contributed by atoms with van der Waals surface area (Å²) in [6.45, 7) is 6.12. The molecule has 1 fully saturated rings. The molecule has 34 heavy (non-hydrogen) atoms. The van der Waals surface area contributed by atoms with Gasteiger partial charge in [0.25, 0.3) is 5.91 Å². The standard InChI is InChI=1S/C29H37NO4/c1-19-12-7-4-5-10-17-25(31)34-29-23(16-11-13-19)27(32)21(3)20(2)26(29)24(30-28(29)33)18-22-14-8-6-9-15-22/h6,8-11,14-17,19,23-24,26-27,32H,4-5,7,12-13,18H2,1-3H3,(H,30,33)/b16-11-,17-10-/t19-,23+,24+,26-,27+,29-/m0/s1. The minimum Gasteiger partial charge on any atom is -0.444 e. The van der Waals surface area contributed by atoms with Crippen molar-refractivity contribution >= 4 is 11.9 Å². The van der Waals surface area contributed by atoms with Crippen LogP contribution in [0.3, 0.4) is 0 Å². The molecular formula is C29H37NO4. The predicted octanol–water partition coefficient (Wildman–Crippen LogP) is 4.67. The Balaban J connectivity index is 1.79. The lowest BCUT2D eigenvalue weighted by atomic mass is 9.63. The molecule has 5 heteroatoms. The lowest BCUT2D eigenvalue weighted by Crippen LogP contribution is -2.59. The zero-order valence-corrected chi connectivity index (χ0v) is 20.5. The fourth-order valence-corrected chi connectivity index (χ4v) is 5.94. The van der Waals surface area contributed by atoms with Gasteiger partial charge in [0.05, 0.1) is 17.9 Å². The Hall–Kier alpha value is -2.66. The number of ether oxygens (including phenoxy) is 1. The highest BCUT2D eigenvalue weighted by atomic mass is 16.6. The van der Waals surface area contributed by atoms with Crippen molar-refractivity contribution in [3.63, 3.8) is 0 Å². The molecule has 0 bridgehead atoms. The van der Waals surface area contributed by atoms with Crippen molar-refractivity contribution in [1.82, 2.24) is 5.32 Å². The molecule has 4 rings (SSSR count). The molecule has 182 valence electrons. The summed E-state index contributed by atoms with van der Waals surface area (Å²) >= 11 is 0. The SMILES string of the molecule is CC1=C(C)[C@H]2[C@@H](Cc3ccccc3)NC(=O)[C@@]23OC(=O)/C=C\CCCC[C@H](C)C/C=C\[C@@H]3[C@@H]1O. The van der Waals surface area contributed by atoms with E-state index in [0.717, 1.165) is 48.8 Å². The van der Waals surface area contributed by atoms with E-state index >= 15 is 0 Å². The molecule has 2 heterocycles. The van der Waals surface area contributed by atoms with Gasteiger partial charge in [-0.25, -0.2) is 4.79 Å². The van der Waals surface area contributed by atoms with E-state index < -0.39 is 23.6 Å². The van der Waals surface area contributed by atoms with Crippen LogP contribution in [0.5, 0.6) is 0 Å². The van der Waals surface area contributed by atoms with Crippen molar-refractivity contribution in [2.75, 3.05) is 0 Å². The van der Waals surface area contributed by atoms with Crippen LogP contribution >= 0.6 is 0 Å². The van der Waals surface area contributed by atoms with Crippen LogP contribution in [0.1, 0.15) is 58.4 Å². The monoisotopic (exact) mass is 463 g/mol. The van der Waals surface area contributed by atoms with Gasteiger partial charge in [-0.3, -0.25) is 4.79 Å². The van der Waals surface area contributed by atoms with E-state index in [4.69, 9.17) is 4.74 Å². The second kappa shape index (κ2) is 10.3. The second-order valence-corrected chi connectivity index (χ2v) is 10.3. The maximum absolute atomic E-state index is 13.7. The van der Waals surface area contributed by atoms with Crippen molar-refractivity contribution < 1.29 is 19.4 Å². The third-order valence-electron chi connectivity index (χ3n) is 7.92. The highest BCUT2D eigenvalue weighted by Gasteiger charge is 2.66. The van der Waals surface area contributed by atoms with Gasteiger partial charge in [0.2, 0.25) is 5.60 Å². The molecule has 1 amide bonds. The Morgan fingerprint density at radius 1 is 1.09 bits per heavy atom. The molecule has 0 saturated carbocycles. The van der Waals surface area contributed by atoms with Crippen molar-refractivity contribution in [1.29, 1.82) is 0 Å². The number of aliphatic hydroxyl groups is 1. The summed E-state index contributed by atoms with van der Waals surface area (Å²) in [6, 6.07) is 9.79. The van der Waals surface area contributed by atoms with Crippen LogP contribution in [-0.4, -0.2) is 34.7 Å². The van der Waals surface area contributed by atoms with Crippen molar-refractivity contribution in [2.45, 2.75) is 77.0 Å². The molecule has 0 aromatic heterocycles. The highest BCUT2D eigenvalue weighted by Crippen LogP contribution is 2.50. The third kappa shape index (κ3) is 4.63. The summed E-state index contributed by atoms with van der Waals surface area (Å²) in [6.07, 6.45) is 11.9. The fourth-order valence-electron chi connectivity index (χ4n) is 5.94. The van der Waals surface area contributed by atoms with E-state index in [2.05, 4.69) is 18.3 Å². The Morgan fingerprint density at radius 2 is 1.85 bits per heavy atom. The van der Waals surface area contributed by atoms with Gasteiger partial charge >= 0.3 is 5.97 Å². The van der Waals surface area contributed by atoms with Crippen LogP contribution in [0.25, 0.3) is 0 Å². The minimum absolute atomic E-state index is 0.233. The van der Waals surface area contributed by atoms with E-state index in [1.54, 1.807) is 0 Å². The molecule has 5 nitrogen and oxygen atoms in total. The van der Waals surface area contributed by atoms with Crippen molar-refractivity contribution in [3.05, 3.63) is 71.3 Å². The number of nitrogens with one attached hydrogen (secondary N) is 1. The lowest BCUT2D eigenvalue weighted by molar-refractivity contribution is -0.175. The zero-order chi connectivity index (χ0) is 24.3. The largest absolute Gasteiger partial charge is 0.444 e. The van der Waals surface area contributed by atoms with E-state index in [1.165, 1.54) is 6.08 Å². The molecule has 2 aliphatic heterocycles. The molecule has 1 aromatic carbocycles. The Morgan fingerprint density at radius 3 is 2.62 bits per heavy atom. The molecule has 1 aliphatic carbocycles. The normalized spacial score (nSPS) is 36.5. The zero-order valence-electron chi connectivity index (χ0n) is 20.5. The van der Waals surface area contributed by atoms with Gasteiger partial charge < -0.3 is 15.2 Å². The maximum atomic E-state index is 13.7. The summed E-state index contributed by atoms with van der Waals surface area (Å²) < 4.78 is 6.12. The van der Waals surface area contributed by atoms with Gasteiger partial charge in [-0.15, -0.1) is 0 Å². The van der Waals surface area contributed by atoms with Gasteiger partial charge in [0.1, 0.15) is 0 Å². The van der Waals surface area contributed by atoms with Crippen LogP contribution < -0.4 is 5.32 Å². The number of amides is 1. The molecule has 1 aromatic rings. The van der Waals surface area contributed by atoms with E-state index in [9.17, 15) is 14.7 Å². The number of allylic oxidation sites excluding steroid dienone is 2. The Kier molecular flexibility index (Phi) is 7.42. The fraction of sp³-hybridized carbons (Fsp3) is 0.517. The molecule has 0 radical (unpaired) electrons. The molecular weight excluding hydrogens is 426 g/mol.